The number of nitrogens with zero attached hydrogens (tertiary/aromatic N) is 2. The number of hydrogen-bond acceptors (Lipinski definition) is 4. The van der Waals surface area contributed by atoms with Gasteiger partial charge in [0.1, 0.15) is 5.38 Å². The van der Waals surface area contributed by atoms with E-state index < -0.39 is 0 Å². The van der Waals surface area contributed by atoms with E-state index in [0.717, 1.165) is 4.88 Å². The lowest BCUT2D eigenvalue weighted by atomic mass is 10.2. The van der Waals surface area contributed by atoms with Crippen molar-refractivity contribution in [3.8, 4) is 10.8 Å². The highest BCUT2D eigenvalue weighted by Crippen LogP contribution is 2.33. The number of alkyl halides is 1. The van der Waals surface area contributed by atoms with Crippen LogP contribution < -0.4 is 0 Å². The zero-order chi connectivity index (χ0) is 11.8. The SMILES string of the molecule is CC(Cl)c1nnc(-c2cc3ccccc3s2)o1. The lowest BCUT2D eigenvalue weighted by Gasteiger charge is -1.91. The molecule has 3 rings (SSSR count). The van der Waals surface area contributed by atoms with Crippen LogP contribution in [-0.2, 0) is 0 Å². The molecule has 2 aromatic heterocycles. The Morgan fingerprint density at radius 3 is 2.82 bits per heavy atom. The fraction of sp³-hybridized carbons (Fsp3) is 0.167. The Hall–Kier alpha value is -1.39. The monoisotopic (exact) mass is 264 g/mol. The Bertz CT molecular complexity index is 626. The summed E-state index contributed by atoms with van der Waals surface area (Å²) < 4.78 is 6.73. The second kappa shape index (κ2) is 4.13. The summed E-state index contributed by atoms with van der Waals surface area (Å²) in [6.45, 7) is 1.81. The molecule has 3 aromatic rings. The minimum absolute atomic E-state index is 0.259. The largest absolute Gasteiger partial charge is 0.418 e. The number of fused-ring (bicyclic) bond motifs is 1. The lowest BCUT2D eigenvalue weighted by Crippen LogP contribution is -1.81. The Morgan fingerprint density at radius 1 is 1.29 bits per heavy atom. The van der Waals surface area contributed by atoms with Crippen molar-refractivity contribution in [1.29, 1.82) is 0 Å². The average molecular weight is 265 g/mol. The standard InChI is InChI=1S/C12H9ClN2OS/c1-7(13)11-14-15-12(16-11)10-6-8-4-2-3-5-9(8)17-10/h2-7H,1H3. The third kappa shape index (κ3) is 1.94. The summed E-state index contributed by atoms with van der Waals surface area (Å²) in [5.41, 5.74) is 0. The van der Waals surface area contributed by atoms with Crippen molar-refractivity contribution in [1.82, 2.24) is 10.2 Å². The maximum Gasteiger partial charge on any atom is 0.257 e. The predicted octanol–water partition coefficient (Wildman–Crippen LogP) is 4.25. The summed E-state index contributed by atoms with van der Waals surface area (Å²) in [5.74, 6) is 0.993. The van der Waals surface area contributed by atoms with Crippen LogP contribution in [0.5, 0.6) is 0 Å². The normalized spacial score (nSPS) is 13.1. The number of halogens is 1. The molecular formula is C12H9ClN2OS. The number of aromatic nitrogens is 2. The second-order valence-corrected chi connectivity index (χ2v) is 5.45. The van der Waals surface area contributed by atoms with Gasteiger partial charge in [0.05, 0.1) is 4.88 Å². The molecule has 17 heavy (non-hydrogen) atoms. The van der Waals surface area contributed by atoms with E-state index in [4.69, 9.17) is 16.0 Å². The molecule has 0 spiro atoms. The quantitative estimate of drug-likeness (QED) is 0.650. The van der Waals surface area contributed by atoms with E-state index in [1.54, 1.807) is 11.3 Å². The van der Waals surface area contributed by atoms with Crippen molar-refractivity contribution in [2.45, 2.75) is 12.3 Å². The van der Waals surface area contributed by atoms with Gasteiger partial charge in [-0.05, 0) is 24.4 Å². The molecule has 0 saturated carbocycles. The van der Waals surface area contributed by atoms with E-state index in [9.17, 15) is 0 Å². The molecule has 2 heterocycles. The van der Waals surface area contributed by atoms with E-state index in [1.807, 2.05) is 19.1 Å². The van der Waals surface area contributed by atoms with Crippen LogP contribution in [0.2, 0.25) is 0 Å². The van der Waals surface area contributed by atoms with Gasteiger partial charge in [0, 0.05) is 4.70 Å². The molecule has 1 aromatic carbocycles. The summed E-state index contributed by atoms with van der Waals surface area (Å²) in [6.07, 6.45) is 0. The smallest absolute Gasteiger partial charge is 0.257 e. The van der Waals surface area contributed by atoms with Gasteiger partial charge in [0.2, 0.25) is 5.89 Å². The average Bonchev–Trinajstić information content (AvgIpc) is 2.95. The zero-order valence-electron chi connectivity index (χ0n) is 9.05. The Morgan fingerprint density at radius 2 is 2.12 bits per heavy atom. The first-order chi connectivity index (χ1) is 8.24. The Balaban J connectivity index is 2.07. The van der Waals surface area contributed by atoms with Gasteiger partial charge in [0.15, 0.2) is 0 Å². The highest BCUT2D eigenvalue weighted by molar-refractivity contribution is 7.22. The van der Waals surface area contributed by atoms with Gasteiger partial charge >= 0.3 is 0 Å². The first kappa shape index (κ1) is 10.7. The van der Waals surface area contributed by atoms with E-state index in [-0.39, 0.29) is 5.38 Å². The molecule has 3 nitrogen and oxygen atoms in total. The topological polar surface area (TPSA) is 38.9 Å². The Labute approximate surface area is 107 Å². The van der Waals surface area contributed by atoms with Crippen LogP contribution in [0.25, 0.3) is 20.9 Å². The number of benzene rings is 1. The summed E-state index contributed by atoms with van der Waals surface area (Å²) in [6, 6.07) is 10.2. The third-order valence-electron chi connectivity index (χ3n) is 2.42. The highest BCUT2D eigenvalue weighted by atomic mass is 35.5. The van der Waals surface area contributed by atoms with Crippen LogP contribution in [0.15, 0.2) is 34.7 Å². The van der Waals surface area contributed by atoms with E-state index in [0.29, 0.717) is 11.8 Å². The van der Waals surface area contributed by atoms with Gasteiger partial charge in [-0.15, -0.1) is 33.1 Å². The fourth-order valence-electron chi connectivity index (χ4n) is 1.58. The predicted molar refractivity (Wildman–Crippen MR) is 69.4 cm³/mol. The fourth-order valence-corrected chi connectivity index (χ4v) is 2.65. The lowest BCUT2D eigenvalue weighted by molar-refractivity contribution is 0.508. The van der Waals surface area contributed by atoms with Crippen molar-refractivity contribution in [3.05, 3.63) is 36.2 Å². The second-order valence-electron chi connectivity index (χ2n) is 3.71. The van der Waals surface area contributed by atoms with Crippen LogP contribution >= 0.6 is 22.9 Å². The van der Waals surface area contributed by atoms with E-state index >= 15 is 0 Å². The maximum absolute atomic E-state index is 5.89. The summed E-state index contributed by atoms with van der Waals surface area (Å²) in [5, 5.41) is 8.86. The van der Waals surface area contributed by atoms with Crippen LogP contribution in [0, 0.1) is 0 Å². The van der Waals surface area contributed by atoms with Crippen LogP contribution in [0.4, 0.5) is 0 Å². The van der Waals surface area contributed by atoms with Crippen molar-refractivity contribution in [2.24, 2.45) is 0 Å². The first-order valence-electron chi connectivity index (χ1n) is 5.20. The molecule has 1 unspecified atom stereocenters. The van der Waals surface area contributed by atoms with Crippen LogP contribution in [0.3, 0.4) is 0 Å². The zero-order valence-corrected chi connectivity index (χ0v) is 10.6. The van der Waals surface area contributed by atoms with Gasteiger partial charge in [-0.25, -0.2) is 0 Å². The van der Waals surface area contributed by atoms with Gasteiger partial charge < -0.3 is 4.42 Å². The van der Waals surface area contributed by atoms with Crippen molar-refractivity contribution in [3.63, 3.8) is 0 Å². The summed E-state index contributed by atoms with van der Waals surface area (Å²) in [4.78, 5) is 0.974. The van der Waals surface area contributed by atoms with Crippen molar-refractivity contribution in [2.75, 3.05) is 0 Å². The van der Waals surface area contributed by atoms with Crippen LogP contribution in [-0.4, -0.2) is 10.2 Å². The molecule has 0 amide bonds. The molecule has 0 radical (unpaired) electrons. The van der Waals surface area contributed by atoms with Crippen molar-refractivity contribution < 1.29 is 4.42 Å². The van der Waals surface area contributed by atoms with Gasteiger partial charge in [0.25, 0.3) is 5.89 Å². The first-order valence-corrected chi connectivity index (χ1v) is 6.46. The summed E-state index contributed by atoms with van der Waals surface area (Å²) in [7, 11) is 0. The molecular weight excluding hydrogens is 256 g/mol. The molecule has 0 aliphatic rings. The minimum atomic E-state index is -0.259. The molecule has 5 heteroatoms. The third-order valence-corrected chi connectivity index (χ3v) is 3.71. The molecule has 0 saturated heterocycles. The van der Waals surface area contributed by atoms with E-state index in [1.165, 1.54) is 10.1 Å². The number of rotatable bonds is 2. The minimum Gasteiger partial charge on any atom is -0.418 e. The molecule has 0 N–H and O–H groups in total. The molecule has 1 atom stereocenters. The molecule has 0 fully saturated rings. The number of hydrogen-bond donors (Lipinski definition) is 0. The Kier molecular flexibility index (Phi) is 2.61. The maximum atomic E-state index is 5.89. The summed E-state index contributed by atoms with van der Waals surface area (Å²) >= 11 is 7.53. The van der Waals surface area contributed by atoms with Crippen molar-refractivity contribution >= 4 is 33.0 Å². The molecule has 86 valence electrons. The molecule has 0 aliphatic heterocycles. The van der Waals surface area contributed by atoms with Gasteiger partial charge in [-0.1, -0.05) is 18.2 Å². The molecule has 0 aliphatic carbocycles. The van der Waals surface area contributed by atoms with E-state index in [2.05, 4.69) is 28.4 Å². The molecule has 0 bridgehead atoms. The highest BCUT2D eigenvalue weighted by Gasteiger charge is 2.14. The number of thiophene rings is 1. The van der Waals surface area contributed by atoms with Gasteiger partial charge in [-0.3, -0.25) is 0 Å². The van der Waals surface area contributed by atoms with Crippen LogP contribution in [0.1, 0.15) is 18.2 Å². The van der Waals surface area contributed by atoms with Gasteiger partial charge in [-0.2, -0.15) is 0 Å².